The quantitative estimate of drug-likeness (QED) is 0.669. The first kappa shape index (κ1) is 17.5. The molecule has 0 aliphatic carbocycles. The number of hydrogen-bond donors (Lipinski definition) is 2. The van der Waals surface area contributed by atoms with Gasteiger partial charge in [0.1, 0.15) is 0 Å². The van der Waals surface area contributed by atoms with Crippen LogP contribution < -0.4 is 10.6 Å². The van der Waals surface area contributed by atoms with Crippen molar-refractivity contribution in [3.05, 3.63) is 59.8 Å². The van der Waals surface area contributed by atoms with Gasteiger partial charge in [0.15, 0.2) is 0 Å². The van der Waals surface area contributed by atoms with Crippen molar-refractivity contribution in [3.63, 3.8) is 0 Å². The molecule has 116 valence electrons. The second-order valence-electron chi connectivity index (χ2n) is 5.68. The fourth-order valence-corrected chi connectivity index (χ4v) is 2.41. The van der Waals surface area contributed by atoms with Gasteiger partial charge in [0.25, 0.3) is 0 Å². The summed E-state index contributed by atoms with van der Waals surface area (Å²) in [6.45, 7) is 10.5. The summed E-state index contributed by atoms with van der Waals surface area (Å²) in [5.74, 6) is 0. The lowest BCUT2D eigenvalue weighted by atomic mass is 10.00. The molecular weight excluding hydrogens is 256 g/mol. The molecule has 0 saturated heterocycles. The molecule has 0 heterocycles. The summed E-state index contributed by atoms with van der Waals surface area (Å²) in [5, 5.41) is 6.92. The summed E-state index contributed by atoms with van der Waals surface area (Å²) < 4.78 is 0. The molecule has 2 unspecified atom stereocenters. The smallest absolute Gasteiger partial charge is 0.0466 e. The fourth-order valence-electron chi connectivity index (χ4n) is 2.41. The standard InChI is InChI=1S/C19H30N2/c1-6-18(16(4)20-5)21-19(15(2)3)14-10-13-17-11-8-7-9-12-17/h6-9,11-12,16,19-21H,2,10,13-14H2,1,3-5H3/b18-6+. The van der Waals surface area contributed by atoms with Gasteiger partial charge in [-0.1, -0.05) is 48.6 Å². The van der Waals surface area contributed by atoms with Crippen molar-refractivity contribution in [2.75, 3.05) is 7.05 Å². The van der Waals surface area contributed by atoms with E-state index in [0.717, 1.165) is 12.8 Å². The lowest BCUT2D eigenvalue weighted by molar-refractivity contribution is 0.525. The third-order valence-electron chi connectivity index (χ3n) is 3.95. The van der Waals surface area contributed by atoms with Gasteiger partial charge in [-0.3, -0.25) is 0 Å². The summed E-state index contributed by atoms with van der Waals surface area (Å²) in [6, 6.07) is 11.4. The minimum absolute atomic E-state index is 0.339. The first-order chi connectivity index (χ1) is 10.1. The molecule has 0 amide bonds. The zero-order valence-electron chi connectivity index (χ0n) is 13.9. The topological polar surface area (TPSA) is 24.1 Å². The van der Waals surface area contributed by atoms with Gasteiger partial charge in [0.2, 0.25) is 0 Å². The Morgan fingerprint density at radius 1 is 1.29 bits per heavy atom. The second kappa shape index (κ2) is 9.41. The SMILES string of the molecule is C=C(C)C(CCCc1ccccc1)N/C(=C/C)C(C)NC. The normalized spacial score (nSPS) is 14.6. The summed E-state index contributed by atoms with van der Waals surface area (Å²) in [6.07, 6.45) is 5.55. The van der Waals surface area contributed by atoms with E-state index in [1.165, 1.54) is 23.3 Å². The van der Waals surface area contributed by atoms with Crippen LogP contribution in [0.15, 0.2) is 54.3 Å². The summed E-state index contributed by atoms with van der Waals surface area (Å²) in [5.41, 5.74) is 3.85. The van der Waals surface area contributed by atoms with E-state index in [1.54, 1.807) is 0 Å². The molecule has 0 bridgehead atoms. The molecule has 0 aliphatic heterocycles. The van der Waals surface area contributed by atoms with Gasteiger partial charge in [-0.2, -0.15) is 0 Å². The van der Waals surface area contributed by atoms with E-state index >= 15 is 0 Å². The Kier molecular flexibility index (Phi) is 7.84. The van der Waals surface area contributed by atoms with Crippen LogP contribution in [0.4, 0.5) is 0 Å². The van der Waals surface area contributed by atoms with Gasteiger partial charge in [0, 0.05) is 17.8 Å². The van der Waals surface area contributed by atoms with Crippen molar-refractivity contribution in [2.24, 2.45) is 0 Å². The van der Waals surface area contributed by atoms with E-state index in [9.17, 15) is 0 Å². The van der Waals surface area contributed by atoms with Crippen molar-refractivity contribution in [2.45, 2.75) is 52.1 Å². The monoisotopic (exact) mass is 286 g/mol. The highest BCUT2D eigenvalue weighted by Crippen LogP contribution is 2.13. The third-order valence-corrected chi connectivity index (χ3v) is 3.95. The zero-order chi connectivity index (χ0) is 15.7. The van der Waals surface area contributed by atoms with E-state index < -0.39 is 0 Å². The van der Waals surface area contributed by atoms with Crippen LogP contribution in [0.5, 0.6) is 0 Å². The van der Waals surface area contributed by atoms with Crippen molar-refractivity contribution in [1.82, 2.24) is 10.6 Å². The highest BCUT2D eigenvalue weighted by atomic mass is 15.0. The molecule has 0 aromatic heterocycles. The number of nitrogens with one attached hydrogen (secondary N) is 2. The Morgan fingerprint density at radius 2 is 1.95 bits per heavy atom. The Hall–Kier alpha value is -1.54. The largest absolute Gasteiger partial charge is 0.381 e. The van der Waals surface area contributed by atoms with Crippen LogP contribution in [0, 0.1) is 0 Å². The average molecular weight is 286 g/mol. The predicted octanol–water partition coefficient (Wildman–Crippen LogP) is 4.06. The van der Waals surface area contributed by atoms with Crippen LogP contribution in [0.2, 0.25) is 0 Å². The Labute approximate surface area is 130 Å². The molecule has 1 aromatic rings. The van der Waals surface area contributed by atoms with Crippen LogP contribution in [-0.2, 0) is 6.42 Å². The summed E-state index contributed by atoms with van der Waals surface area (Å²) in [4.78, 5) is 0. The number of rotatable bonds is 9. The zero-order valence-corrected chi connectivity index (χ0v) is 13.9. The molecule has 21 heavy (non-hydrogen) atoms. The van der Waals surface area contributed by atoms with Crippen LogP contribution in [0.1, 0.15) is 39.2 Å². The molecule has 1 rings (SSSR count). The second-order valence-corrected chi connectivity index (χ2v) is 5.68. The lowest BCUT2D eigenvalue weighted by Crippen LogP contribution is -2.38. The van der Waals surface area contributed by atoms with Crippen molar-refractivity contribution in [1.29, 1.82) is 0 Å². The van der Waals surface area contributed by atoms with E-state index in [0.29, 0.717) is 12.1 Å². The average Bonchev–Trinajstić information content (AvgIpc) is 2.50. The van der Waals surface area contributed by atoms with Gasteiger partial charge in [0.05, 0.1) is 0 Å². The molecule has 2 N–H and O–H groups in total. The number of hydrogen-bond acceptors (Lipinski definition) is 2. The van der Waals surface area contributed by atoms with Crippen molar-refractivity contribution in [3.8, 4) is 0 Å². The van der Waals surface area contributed by atoms with Gasteiger partial charge < -0.3 is 10.6 Å². The maximum atomic E-state index is 4.14. The molecule has 0 spiro atoms. The molecule has 2 heteroatoms. The minimum Gasteiger partial charge on any atom is -0.381 e. The highest BCUT2D eigenvalue weighted by Gasteiger charge is 2.13. The number of benzene rings is 1. The fraction of sp³-hybridized carbons (Fsp3) is 0.474. The van der Waals surface area contributed by atoms with Crippen LogP contribution in [0.25, 0.3) is 0 Å². The molecule has 0 aliphatic rings. The minimum atomic E-state index is 0.339. The van der Waals surface area contributed by atoms with Crippen LogP contribution in [0.3, 0.4) is 0 Å². The Bertz CT molecular complexity index is 448. The molecule has 0 radical (unpaired) electrons. The van der Waals surface area contributed by atoms with Gasteiger partial charge >= 0.3 is 0 Å². The first-order valence-corrected chi connectivity index (χ1v) is 7.87. The molecule has 0 fully saturated rings. The van der Waals surface area contributed by atoms with E-state index in [4.69, 9.17) is 0 Å². The van der Waals surface area contributed by atoms with Crippen LogP contribution in [-0.4, -0.2) is 19.1 Å². The van der Waals surface area contributed by atoms with Gasteiger partial charge in [-0.05, 0) is 52.6 Å². The maximum absolute atomic E-state index is 4.14. The molecule has 2 atom stereocenters. The first-order valence-electron chi connectivity index (χ1n) is 7.87. The van der Waals surface area contributed by atoms with Crippen LogP contribution >= 0.6 is 0 Å². The lowest BCUT2D eigenvalue weighted by Gasteiger charge is -2.25. The Morgan fingerprint density at radius 3 is 2.48 bits per heavy atom. The molecular formula is C19H30N2. The number of aryl methyl sites for hydroxylation is 1. The third kappa shape index (κ3) is 6.17. The Balaban J connectivity index is 2.52. The molecule has 0 saturated carbocycles. The summed E-state index contributed by atoms with van der Waals surface area (Å²) >= 11 is 0. The van der Waals surface area contributed by atoms with Crippen molar-refractivity contribution < 1.29 is 0 Å². The van der Waals surface area contributed by atoms with Gasteiger partial charge in [-0.25, -0.2) is 0 Å². The van der Waals surface area contributed by atoms with Gasteiger partial charge in [-0.15, -0.1) is 0 Å². The van der Waals surface area contributed by atoms with Crippen molar-refractivity contribution >= 4 is 0 Å². The number of allylic oxidation sites excluding steroid dienone is 1. The predicted molar refractivity (Wildman–Crippen MR) is 93.4 cm³/mol. The highest BCUT2D eigenvalue weighted by molar-refractivity contribution is 5.16. The van der Waals surface area contributed by atoms with E-state index in [2.05, 4.69) is 74.4 Å². The summed E-state index contributed by atoms with van der Waals surface area (Å²) in [7, 11) is 1.99. The maximum Gasteiger partial charge on any atom is 0.0466 e. The van der Waals surface area contributed by atoms with E-state index in [1.807, 2.05) is 7.05 Å². The molecule has 1 aromatic carbocycles. The number of likely N-dealkylation sites (N-methyl/N-ethyl adjacent to an activating group) is 1. The molecule has 2 nitrogen and oxygen atoms in total. The van der Waals surface area contributed by atoms with E-state index in [-0.39, 0.29) is 0 Å².